The normalized spacial score (nSPS) is 9.75. The highest BCUT2D eigenvalue weighted by atomic mass is 32.2. The van der Waals surface area contributed by atoms with Gasteiger partial charge in [-0.2, -0.15) is 0 Å². The number of hydrogen-bond donors (Lipinski definition) is 1. The van der Waals surface area contributed by atoms with E-state index < -0.39 is 0 Å². The number of H-pyrrole nitrogens is 1. The summed E-state index contributed by atoms with van der Waals surface area (Å²) in [7, 11) is 0. The van der Waals surface area contributed by atoms with Gasteiger partial charge in [0.1, 0.15) is 12.2 Å². The van der Waals surface area contributed by atoms with E-state index in [9.17, 15) is 4.79 Å². The lowest BCUT2D eigenvalue weighted by atomic mass is 10.4. The molecule has 0 radical (unpaired) electrons. The number of hydrogen-bond acceptors (Lipinski definition) is 5. The molecular formula is C6H8N2O2S2. The number of aromatic amines is 1. The largest absolute Gasteiger partial charge is 0.466 e. The molecule has 0 amide bonds. The SMILES string of the molecule is CCOC(=O)Cc1nc(=S)s[nH]1. The Morgan fingerprint density at radius 1 is 1.83 bits per heavy atom. The van der Waals surface area contributed by atoms with Crippen LogP contribution in [-0.4, -0.2) is 21.9 Å². The van der Waals surface area contributed by atoms with Crippen molar-refractivity contribution in [2.75, 3.05) is 6.61 Å². The Bertz CT molecular complexity index is 317. The minimum Gasteiger partial charge on any atom is -0.466 e. The van der Waals surface area contributed by atoms with E-state index >= 15 is 0 Å². The number of ether oxygens (including phenoxy) is 1. The van der Waals surface area contributed by atoms with E-state index in [0.29, 0.717) is 16.4 Å². The van der Waals surface area contributed by atoms with Crippen LogP contribution in [0.3, 0.4) is 0 Å². The van der Waals surface area contributed by atoms with Crippen molar-refractivity contribution in [1.82, 2.24) is 9.36 Å². The first-order chi connectivity index (χ1) is 5.72. The third-order valence-electron chi connectivity index (χ3n) is 1.10. The number of nitrogens with one attached hydrogen (secondary N) is 1. The van der Waals surface area contributed by atoms with Crippen LogP contribution < -0.4 is 0 Å². The molecule has 0 aliphatic heterocycles. The maximum Gasteiger partial charge on any atom is 0.313 e. The minimum absolute atomic E-state index is 0.168. The summed E-state index contributed by atoms with van der Waals surface area (Å²) in [5.74, 6) is 0.289. The number of nitrogens with zero attached hydrogens (tertiary/aromatic N) is 1. The van der Waals surface area contributed by atoms with Gasteiger partial charge in [0.15, 0.2) is 3.95 Å². The van der Waals surface area contributed by atoms with Gasteiger partial charge in [-0.1, -0.05) is 0 Å². The first-order valence-corrected chi connectivity index (χ1v) is 4.65. The molecule has 0 atom stereocenters. The van der Waals surface area contributed by atoms with Crippen LogP contribution in [0.4, 0.5) is 0 Å². The maximum absolute atomic E-state index is 10.9. The first-order valence-electron chi connectivity index (χ1n) is 3.42. The number of esters is 1. The number of carbonyl (C=O) groups is 1. The van der Waals surface area contributed by atoms with Gasteiger partial charge in [0.05, 0.1) is 6.61 Å². The van der Waals surface area contributed by atoms with Gasteiger partial charge in [-0.25, -0.2) is 4.98 Å². The Balaban J connectivity index is 2.52. The second kappa shape index (κ2) is 4.32. The van der Waals surface area contributed by atoms with Gasteiger partial charge in [-0.3, -0.25) is 9.17 Å². The molecule has 1 aromatic heterocycles. The predicted molar refractivity (Wildman–Crippen MR) is 47.6 cm³/mol. The van der Waals surface area contributed by atoms with E-state index in [1.165, 1.54) is 11.5 Å². The third-order valence-corrected chi connectivity index (χ3v) is 2.04. The average molecular weight is 204 g/mol. The fourth-order valence-electron chi connectivity index (χ4n) is 0.683. The zero-order chi connectivity index (χ0) is 8.97. The summed E-state index contributed by atoms with van der Waals surface area (Å²) in [6.45, 7) is 2.16. The highest BCUT2D eigenvalue weighted by molar-refractivity contribution is 7.73. The van der Waals surface area contributed by atoms with E-state index in [1.807, 2.05) is 0 Å². The van der Waals surface area contributed by atoms with Crippen molar-refractivity contribution < 1.29 is 9.53 Å². The highest BCUT2D eigenvalue weighted by Gasteiger charge is 2.05. The molecule has 1 N–H and O–H groups in total. The second-order valence-electron chi connectivity index (χ2n) is 2.01. The molecule has 1 rings (SSSR count). The lowest BCUT2D eigenvalue weighted by Gasteiger charge is -1.97. The fraction of sp³-hybridized carbons (Fsp3) is 0.500. The lowest BCUT2D eigenvalue weighted by Crippen LogP contribution is -2.08. The Morgan fingerprint density at radius 3 is 3.08 bits per heavy atom. The van der Waals surface area contributed by atoms with Crippen LogP contribution in [-0.2, 0) is 16.0 Å². The molecule has 0 aliphatic rings. The van der Waals surface area contributed by atoms with E-state index in [-0.39, 0.29) is 12.4 Å². The first kappa shape index (κ1) is 9.34. The molecule has 1 aromatic rings. The molecule has 0 aliphatic carbocycles. The van der Waals surface area contributed by atoms with Crippen LogP contribution in [0, 0.1) is 3.95 Å². The molecule has 6 heteroatoms. The van der Waals surface area contributed by atoms with E-state index in [0.717, 1.165) is 0 Å². The zero-order valence-corrected chi connectivity index (χ0v) is 8.13. The average Bonchev–Trinajstić information content (AvgIpc) is 2.36. The van der Waals surface area contributed by atoms with Gasteiger partial charge in [-0.15, -0.1) is 0 Å². The van der Waals surface area contributed by atoms with Gasteiger partial charge in [0.25, 0.3) is 0 Å². The van der Waals surface area contributed by atoms with Crippen molar-refractivity contribution in [2.24, 2.45) is 0 Å². The van der Waals surface area contributed by atoms with Crippen molar-refractivity contribution in [2.45, 2.75) is 13.3 Å². The Morgan fingerprint density at radius 2 is 2.58 bits per heavy atom. The van der Waals surface area contributed by atoms with E-state index in [2.05, 4.69) is 9.36 Å². The number of aromatic nitrogens is 2. The van der Waals surface area contributed by atoms with Crippen molar-refractivity contribution in [1.29, 1.82) is 0 Å². The molecule has 0 saturated carbocycles. The molecule has 1 heterocycles. The Kier molecular flexibility index (Phi) is 3.36. The van der Waals surface area contributed by atoms with Crippen LogP contribution in [0.25, 0.3) is 0 Å². The molecule has 0 bridgehead atoms. The van der Waals surface area contributed by atoms with Gasteiger partial charge >= 0.3 is 5.97 Å². The molecule has 0 aromatic carbocycles. The van der Waals surface area contributed by atoms with Gasteiger partial charge in [0, 0.05) is 0 Å². The smallest absolute Gasteiger partial charge is 0.313 e. The summed E-state index contributed by atoms with van der Waals surface area (Å²) >= 11 is 6.01. The maximum atomic E-state index is 10.9. The molecule has 0 saturated heterocycles. The quantitative estimate of drug-likeness (QED) is 0.595. The summed E-state index contributed by atoms with van der Waals surface area (Å²) in [5.41, 5.74) is 0. The predicted octanol–water partition coefficient (Wildman–Crippen LogP) is 1.31. The van der Waals surface area contributed by atoms with Gasteiger partial charge in [0.2, 0.25) is 0 Å². The van der Waals surface area contributed by atoms with Crippen LogP contribution in [0.15, 0.2) is 0 Å². The number of rotatable bonds is 3. The van der Waals surface area contributed by atoms with Crippen LogP contribution in [0.2, 0.25) is 0 Å². The van der Waals surface area contributed by atoms with Gasteiger partial charge in [-0.05, 0) is 30.7 Å². The molecule has 4 nitrogen and oxygen atoms in total. The molecule has 0 spiro atoms. The fourth-order valence-corrected chi connectivity index (χ4v) is 1.40. The summed E-state index contributed by atoms with van der Waals surface area (Å²) in [6.07, 6.45) is 0.168. The van der Waals surface area contributed by atoms with Crippen LogP contribution >= 0.6 is 23.8 Å². The molecule has 66 valence electrons. The van der Waals surface area contributed by atoms with Crippen LogP contribution in [0.5, 0.6) is 0 Å². The third kappa shape index (κ3) is 2.71. The standard InChI is InChI=1S/C6H8N2O2S2/c1-2-10-5(9)3-4-7-6(11)12-8-4/h2-3H2,1H3,(H,7,8,11). The summed E-state index contributed by atoms with van der Waals surface area (Å²) in [4.78, 5) is 14.8. The summed E-state index contributed by atoms with van der Waals surface area (Å²) < 4.78 is 8.06. The lowest BCUT2D eigenvalue weighted by molar-refractivity contribution is -0.142. The van der Waals surface area contributed by atoms with Crippen molar-refractivity contribution in [3.63, 3.8) is 0 Å². The Hall–Kier alpha value is -0.750. The highest BCUT2D eigenvalue weighted by Crippen LogP contribution is 1.99. The summed E-state index contributed by atoms with van der Waals surface area (Å²) in [6, 6.07) is 0. The minimum atomic E-state index is -0.283. The molecule has 12 heavy (non-hydrogen) atoms. The van der Waals surface area contributed by atoms with E-state index in [4.69, 9.17) is 17.0 Å². The van der Waals surface area contributed by atoms with Crippen LogP contribution in [0.1, 0.15) is 12.7 Å². The molecule has 0 unspecified atom stereocenters. The zero-order valence-electron chi connectivity index (χ0n) is 6.49. The Labute approximate surface area is 78.7 Å². The molecular weight excluding hydrogens is 196 g/mol. The van der Waals surface area contributed by atoms with Crippen molar-refractivity contribution >= 4 is 29.7 Å². The number of carbonyl (C=O) groups excluding carboxylic acids is 1. The molecule has 0 fully saturated rings. The topological polar surface area (TPSA) is 55.0 Å². The van der Waals surface area contributed by atoms with E-state index in [1.54, 1.807) is 6.92 Å². The van der Waals surface area contributed by atoms with Gasteiger partial charge < -0.3 is 4.74 Å². The van der Waals surface area contributed by atoms with Crippen molar-refractivity contribution in [3.8, 4) is 0 Å². The monoisotopic (exact) mass is 204 g/mol. The van der Waals surface area contributed by atoms with Crippen molar-refractivity contribution in [3.05, 3.63) is 9.78 Å². The second-order valence-corrected chi connectivity index (χ2v) is 3.45. The summed E-state index contributed by atoms with van der Waals surface area (Å²) in [5, 5.41) is 0.